The Bertz CT molecular complexity index is 1400. The molecule has 4 amide bonds. The normalized spacial score (nSPS) is 22.9. The summed E-state index contributed by atoms with van der Waals surface area (Å²) in [4.78, 5) is 47.8. The second kappa shape index (κ2) is 11.1. The molecule has 2 saturated heterocycles. The predicted molar refractivity (Wildman–Crippen MR) is 146 cm³/mol. The maximum absolute atomic E-state index is 13.6. The number of urea groups is 1. The number of benzene rings is 1. The molecule has 0 spiro atoms. The van der Waals surface area contributed by atoms with Crippen LogP contribution in [0.3, 0.4) is 0 Å². The van der Waals surface area contributed by atoms with E-state index in [0.29, 0.717) is 47.9 Å². The number of carbonyl (C=O) groups excluding carboxylic acids is 3. The van der Waals surface area contributed by atoms with Crippen LogP contribution in [0.15, 0.2) is 41.6 Å². The SMILES string of the molecule is CN1N=C2CN(C(=O)N3CC[C@@H](N(C)C(=O)c4ccc(C(F)(F)F)cn4)[C@H](c4ccc(Cl)c(Cl)c4)C3)CCC2C1=O. The number of amides is 4. The van der Waals surface area contributed by atoms with E-state index in [0.717, 1.165) is 17.7 Å². The van der Waals surface area contributed by atoms with Crippen LogP contribution >= 0.6 is 23.2 Å². The van der Waals surface area contributed by atoms with Crippen LogP contribution in [0, 0.1) is 5.92 Å². The van der Waals surface area contributed by atoms with Crippen LogP contribution in [0.5, 0.6) is 0 Å². The molecule has 3 atom stereocenters. The fraction of sp³-hybridized carbons (Fsp3) is 0.444. The highest BCUT2D eigenvalue weighted by atomic mass is 35.5. The number of fused-ring (bicyclic) bond motifs is 1. The number of alkyl halides is 3. The van der Waals surface area contributed by atoms with Crippen LogP contribution in [0.25, 0.3) is 0 Å². The molecular weight excluding hydrogens is 584 g/mol. The van der Waals surface area contributed by atoms with Gasteiger partial charge in [0.2, 0.25) is 0 Å². The van der Waals surface area contributed by atoms with E-state index in [2.05, 4.69) is 10.1 Å². The molecule has 4 heterocycles. The number of rotatable bonds is 3. The standard InChI is InChI=1S/C27H27Cl2F3N6O3/c1-35(25(40)21-6-4-16(12-33-21)27(30,31)32)23-8-10-37(13-18(23)15-3-5-19(28)20(29)11-15)26(41)38-9-7-17-22(14-38)34-36(2)24(17)39/h3-6,11-12,17-18,23H,7-10,13-14H2,1-2H3/t17?,18-,23+/m0/s1. The predicted octanol–water partition coefficient (Wildman–Crippen LogP) is 4.61. The fourth-order valence-electron chi connectivity index (χ4n) is 5.70. The van der Waals surface area contributed by atoms with E-state index in [-0.39, 0.29) is 42.6 Å². The molecule has 1 unspecified atom stereocenters. The molecular formula is C27H27Cl2F3N6O3. The zero-order valence-electron chi connectivity index (χ0n) is 22.2. The smallest absolute Gasteiger partial charge is 0.337 e. The Morgan fingerprint density at radius 3 is 2.44 bits per heavy atom. The molecule has 218 valence electrons. The van der Waals surface area contributed by atoms with Gasteiger partial charge in [-0.2, -0.15) is 18.3 Å². The summed E-state index contributed by atoms with van der Waals surface area (Å²) in [7, 11) is 3.18. The molecule has 41 heavy (non-hydrogen) atoms. The summed E-state index contributed by atoms with van der Waals surface area (Å²) in [6.45, 7) is 1.27. The summed E-state index contributed by atoms with van der Waals surface area (Å²) in [5.74, 6) is -1.27. The molecule has 2 aromatic rings. The van der Waals surface area contributed by atoms with Crippen molar-refractivity contribution < 1.29 is 27.6 Å². The van der Waals surface area contributed by atoms with Gasteiger partial charge in [0.25, 0.3) is 11.8 Å². The summed E-state index contributed by atoms with van der Waals surface area (Å²) in [6, 6.07) is 6.41. The third-order valence-corrected chi connectivity index (χ3v) is 8.69. The Morgan fingerprint density at radius 2 is 1.78 bits per heavy atom. The Labute approximate surface area is 244 Å². The lowest BCUT2D eigenvalue weighted by atomic mass is 9.85. The Kier molecular flexibility index (Phi) is 7.90. The lowest BCUT2D eigenvalue weighted by Gasteiger charge is -2.44. The van der Waals surface area contributed by atoms with E-state index in [9.17, 15) is 27.6 Å². The molecule has 5 rings (SSSR count). The van der Waals surface area contributed by atoms with Gasteiger partial charge < -0.3 is 14.7 Å². The number of nitrogens with zero attached hydrogens (tertiary/aromatic N) is 6. The minimum Gasteiger partial charge on any atom is -0.337 e. The molecule has 1 aromatic carbocycles. The van der Waals surface area contributed by atoms with Gasteiger partial charge >= 0.3 is 12.2 Å². The number of aromatic nitrogens is 1. The van der Waals surface area contributed by atoms with E-state index in [1.807, 2.05) is 0 Å². The van der Waals surface area contributed by atoms with Crippen molar-refractivity contribution in [2.45, 2.75) is 31.0 Å². The van der Waals surface area contributed by atoms with Gasteiger partial charge in [0.1, 0.15) is 5.69 Å². The van der Waals surface area contributed by atoms with Crippen LogP contribution in [-0.2, 0) is 11.0 Å². The second-order valence-electron chi connectivity index (χ2n) is 10.4. The van der Waals surface area contributed by atoms with Crippen molar-refractivity contribution in [3.05, 3.63) is 63.4 Å². The van der Waals surface area contributed by atoms with Crippen molar-refractivity contribution in [3.63, 3.8) is 0 Å². The van der Waals surface area contributed by atoms with E-state index in [1.165, 1.54) is 9.91 Å². The molecule has 3 aliphatic rings. The van der Waals surface area contributed by atoms with Crippen molar-refractivity contribution in [1.29, 1.82) is 0 Å². The quantitative estimate of drug-likeness (QED) is 0.508. The molecule has 1 aromatic heterocycles. The van der Waals surface area contributed by atoms with E-state index >= 15 is 0 Å². The molecule has 9 nitrogen and oxygen atoms in total. The van der Waals surface area contributed by atoms with E-state index in [1.54, 1.807) is 42.1 Å². The Balaban J connectivity index is 1.37. The molecule has 2 fully saturated rings. The lowest BCUT2D eigenvalue weighted by molar-refractivity contribution is -0.137. The van der Waals surface area contributed by atoms with Crippen molar-refractivity contribution in [2.75, 3.05) is 40.3 Å². The van der Waals surface area contributed by atoms with Crippen molar-refractivity contribution in [3.8, 4) is 0 Å². The maximum atomic E-state index is 13.6. The summed E-state index contributed by atoms with van der Waals surface area (Å²) >= 11 is 12.5. The first-order valence-corrected chi connectivity index (χ1v) is 13.7. The average molecular weight is 611 g/mol. The monoisotopic (exact) mass is 610 g/mol. The lowest BCUT2D eigenvalue weighted by Crippen LogP contribution is -2.56. The largest absolute Gasteiger partial charge is 0.417 e. The van der Waals surface area contributed by atoms with Crippen molar-refractivity contribution in [1.82, 2.24) is 24.7 Å². The van der Waals surface area contributed by atoms with Crippen LogP contribution in [0.2, 0.25) is 10.0 Å². The first kappa shape index (κ1) is 29.1. The average Bonchev–Trinajstić information content (AvgIpc) is 3.24. The molecule has 0 saturated carbocycles. The minimum atomic E-state index is -4.57. The molecule has 0 radical (unpaired) electrons. The van der Waals surface area contributed by atoms with Gasteiger partial charge in [-0.25, -0.2) is 9.80 Å². The zero-order valence-corrected chi connectivity index (χ0v) is 23.7. The number of hydrogen-bond acceptors (Lipinski definition) is 5. The van der Waals surface area contributed by atoms with Crippen LogP contribution in [-0.4, -0.2) is 94.6 Å². The van der Waals surface area contributed by atoms with Crippen molar-refractivity contribution in [2.24, 2.45) is 11.0 Å². The van der Waals surface area contributed by atoms with Gasteiger partial charge in [-0.05, 0) is 42.7 Å². The number of likely N-dealkylation sites (N-methyl/N-ethyl adjacent to an activating group) is 1. The van der Waals surface area contributed by atoms with Gasteiger partial charge in [0.05, 0.1) is 33.8 Å². The number of likely N-dealkylation sites (tertiary alicyclic amines) is 2. The summed E-state index contributed by atoms with van der Waals surface area (Å²) in [6.07, 6.45) is -3.03. The maximum Gasteiger partial charge on any atom is 0.417 e. The zero-order chi connectivity index (χ0) is 29.6. The van der Waals surface area contributed by atoms with Gasteiger partial charge in [0.15, 0.2) is 0 Å². The highest BCUT2D eigenvalue weighted by Gasteiger charge is 2.42. The van der Waals surface area contributed by atoms with Gasteiger partial charge in [-0.15, -0.1) is 0 Å². The summed E-state index contributed by atoms with van der Waals surface area (Å²) < 4.78 is 39.0. The molecule has 0 bridgehead atoms. The van der Waals surface area contributed by atoms with Gasteiger partial charge in [-0.3, -0.25) is 14.6 Å². The number of carbonyl (C=O) groups is 3. The number of hydrazone groups is 1. The first-order valence-electron chi connectivity index (χ1n) is 13.0. The van der Waals surface area contributed by atoms with Crippen molar-refractivity contribution >= 4 is 46.8 Å². The van der Waals surface area contributed by atoms with Gasteiger partial charge in [0, 0.05) is 51.9 Å². The van der Waals surface area contributed by atoms with Crippen LogP contribution < -0.4 is 0 Å². The number of piperidine rings is 2. The van der Waals surface area contributed by atoms with Crippen LogP contribution in [0.1, 0.15) is 40.4 Å². The van der Waals surface area contributed by atoms with Crippen LogP contribution in [0.4, 0.5) is 18.0 Å². The van der Waals surface area contributed by atoms with E-state index < -0.39 is 23.7 Å². The highest BCUT2D eigenvalue weighted by Crippen LogP contribution is 2.36. The first-order chi connectivity index (χ1) is 19.3. The number of halogens is 5. The minimum absolute atomic E-state index is 0.0668. The molecule has 3 aliphatic heterocycles. The summed E-state index contributed by atoms with van der Waals surface area (Å²) in [5, 5.41) is 6.29. The highest BCUT2D eigenvalue weighted by molar-refractivity contribution is 6.42. The molecule has 14 heteroatoms. The number of pyridine rings is 1. The Hall–Kier alpha value is -3.38. The second-order valence-corrected chi connectivity index (χ2v) is 11.2. The number of hydrogen-bond donors (Lipinski definition) is 0. The Morgan fingerprint density at radius 1 is 1.05 bits per heavy atom. The van der Waals surface area contributed by atoms with Gasteiger partial charge in [-0.1, -0.05) is 29.3 Å². The topological polar surface area (TPSA) is 89.4 Å². The van der Waals surface area contributed by atoms with E-state index in [4.69, 9.17) is 23.2 Å². The fourth-order valence-corrected chi connectivity index (χ4v) is 6.01. The summed E-state index contributed by atoms with van der Waals surface area (Å²) in [5.41, 5.74) is 0.364. The molecule has 0 aliphatic carbocycles. The third-order valence-electron chi connectivity index (χ3n) is 7.96. The third kappa shape index (κ3) is 5.72. The molecule has 0 N–H and O–H groups in total.